The summed E-state index contributed by atoms with van der Waals surface area (Å²) in [6.07, 6.45) is 1.83. The molecule has 2 aromatic carbocycles. The molecule has 1 aromatic heterocycles. The van der Waals surface area contributed by atoms with Crippen LogP contribution in [0.15, 0.2) is 67.3 Å². The highest BCUT2D eigenvalue weighted by molar-refractivity contribution is 5.99. The third-order valence-corrected chi connectivity index (χ3v) is 5.45. The molecule has 2 amide bonds. The SMILES string of the molecule is C=CC(=O)N1CCc2c(c(N)c(C(N)=O)n2-c2ccc(OCc3ccccc3)cc2)C1. The Labute approximate surface area is 180 Å². The number of aromatic nitrogens is 1. The fourth-order valence-corrected chi connectivity index (χ4v) is 3.92. The molecule has 31 heavy (non-hydrogen) atoms. The molecule has 0 aliphatic carbocycles. The number of amides is 2. The van der Waals surface area contributed by atoms with Crippen molar-refractivity contribution in [3.05, 3.63) is 89.8 Å². The van der Waals surface area contributed by atoms with E-state index in [1.54, 1.807) is 9.47 Å². The maximum atomic E-state index is 12.2. The van der Waals surface area contributed by atoms with Gasteiger partial charge in [-0.2, -0.15) is 0 Å². The van der Waals surface area contributed by atoms with Gasteiger partial charge in [-0.05, 0) is 35.9 Å². The van der Waals surface area contributed by atoms with E-state index in [9.17, 15) is 9.59 Å². The standard InChI is InChI=1S/C24H24N4O3/c1-2-21(29)27-13-12-20-19(14-27)22(25)23(24(26)30)28(20)17-8-10-18(11-9-17)31-15-16-6-4-3-5-7-16/h2-11H,1,12-15,25H2,(H2,26,30). The molecule has 4 N–H and O–H groups in total. The summed E-state index contributed by atoms with van der Waals surface area (Å²) in [5.74, 6) is -0.0683. The Morgan fingerprint density at radius 1 is 1.10 bits per heavy atom. The number of ether oxygens (including phenoxy) is 1. The van der Waals surface area contributed by atoms with Crippen molar-refractivity contribution in [1.82, 2.24) is 9.47 Å². The van der Waals surface area contributed by atoms with E-state index in [-0.39, 0.29) is 11.6 Å². The lowest BCUT2D eigenvalue weighted by molar-refractivity contribution is -0.126. The summed E-state index contributed by atoms with van der Waals surface area (Å²) in [6, 6.07) is 17.3. The minimum Gasteiger partial charge on any atom is -0.489 e. The van der Waals surface area contributed by atoms with Crippen LogP contribution in [-0.4, -0.2) is 27.8 Å². The van der Waals surface area contributed by atoms with Crippen LogP contribution >= 0.6 is 0 Å². The first-order valence-corrected chi connectivity index (χ1v) is 9.99. The normalized spacial score (nSPS) is 12.8. The molecule has 0 fully saturated rings. The highest BCUT2D eigenvalue weighted by atomic mass is 16.5. The number of carbonyl (C=O) groups is 2. The van der Waals surface area contributed by atoms with E-state index in [1.165, 1.54) is 6.08 Å². The summed E-state index contributed by atoms with van der Waals surface area (Å²) in [5, 5.41) is 0. The first-order chi connectivity index (χ1) is 15.0. The second kappa shape index (κ2) is 8.39. The Bertz CT molecular complexity index is 1130. The van der Waals surface area contributed by atoms with Crippen molar-refractivity contribution < 1.29 is 14.3 Å². The van der Waals surface area contributed by atoms with Gasteiger partial charge in [0.25, 0.3) is 5.91 Å². The lowest BCUT2D eigenvalue weighted by Crippen LogP contribution is -2.35. The summed E-state index contributed by atoms with van der Waals surface area (Å²) >= 11 is 0. The quantitative estimate of drug-likeness (QED) is 0.603. The molecule has 0 saturated heterocycles. The van der Waals surface area contributed by atoms with Crippen molar-refractivity contribution in [3.63, 3.8) is 0 Å². The second-order valence-electron chi connectivity index (χ2n) is 7.37. The summed E-state index contributed by atoms with van der Waals surface area (Å²) in [6.45, 7) is 4.83. The van der Waals surface area contributed by atoms with Gasteiger partial charge in [0.05, 0.1) is 5.69 Å². The predicted molar refractivity (Wildman–Crippen MR) is 119 cm³/mol. The summed E-state index contributed by atoms with van der Waals surface area (Å²) < 4.78 is 7.65. The number of primary amides is 1. The number of fused-ring (bicyclic) bond motifs is 1. The van der Waals surface area contributed by atoms with Gasteiger partial charge in [0.2, 0.25) is 5.91 Å². The van der Waals surface area contributed by atoms with Crippen LogP contribution in [0.3, 0.4) is 0 Å². The number of nitrogen functional groups attached to an aromatic ring is 1. The van der Waals surface area contributed by atoms with E-state index in [4.69, 9.17) is 16.2 Å². The number of hydrogen-bond donors (Lipinski definition) is 2. The van der Waals surface area contributed by atoms with Crippen molar-refractivity contribution in [2.45, 2.75) is 19.6 Å². The second-order valence-corrected chi connectivity index (χ2v) is 7.37. The Kier molecular flexibility index (Phi) is 5.49. The maximum absolute atomic E-state index is 12.2. The van der Waals surface area contributed by atoms with Crippen LogP contribution in [0.4, 0.5) is 5.69 Å². The van der Waals surface area contributed by atoms with Gasteiger partial charge in [-0.15, -0.1) is 0 Å². The highest BCUT2D eigenvalue weighted by Crippen LogP contribution is 2.34. The minimum absolute atomic E-state index is 0.168. The molecule has 7 heteroatoms. The first-order valence-electron chi connectivity index (χ1n) is 9.99. The van der Waals surface area contributed by atoms with Crippen LogP contribution in [-0.2, 0) is 24.4 Å². The van der Waals surface area contributed by atoms with Crippen LogP contribution in [0.2, 0.25) is 0 Å². The summed E-state index contributed by atoms with van der Waals surface area (Å²) in [7, 11) is 0. The molecule has 7 nitrogen and oxygen atoms in total. The Morgan fingerprint density at radius 2 is 1.81 bits per heavy atom. The van der Waals surface area contributed by atoms with Gasteiger partial charge < -0.3 is 25.7 Å². The Morgan fingerprint density at radius 3 is 2.45 bits per heavy atom. The molecule has 0 bridgehead atoms. The van der Waals surface area contributed by atoms with Crippen LogP contribution in [0.25, 0.3) is 5.69 Å². The summed E-state index contributed by atoms with van der Waals surface area (Å²) in [5.41, 5.74) is 16.0. The van der Waals surface area contributed by atoms with Gasteiger partial charge in [-0.3, -0.25) is 9.59 Å². The van der Waals surface area contributed by atoms with E-state index >= 15 is 0 Å². The van der Waals surface area contributed by atoms with E-state index < -0.39 is 5.91 Å². The van der Waals surface area contributed by atoms with Gasteiger partial charge in [-0.25, -0.2) is 0 Å². The molecule has 1 aliphatic heterocycles. The molecule has 0 unspecified atom stereocenters. The number of carbonyl (C=O) groups excluding carboxylic acids is 2. The molecule has 0 atom stereocenters. The molecule has 158 valence electrons. The largest absolute Gasteiger partial charge is 0.489 e. The van der Waals surface area contributed by atoms with Crippen molar-refractivity contribution in [1.29, 1.82) is 0 Å². The fraction of sp³-hybridized carbons (Fsp3) is 0.167. The highest BCUT2D eigenvalue weighted by Gasteiger charge is 2.30. The molecule has 1 aliphatic rings. The number of nitrogens with two attached hydrogens (primary N) is 2. The monoisotopic (exact) mass is 416 g/mol. The number of benzene rings is 2. The average molecular weight is 416 g/mol. The Balaban J connectivity index is 1.64. The molecule has 4 rings (SSSR count). The first kappa shape index (κ1) is 20.3. The number of nitrogens with zero attached hydrogens (tertiary/aromatic N) is 2. The lowest BCUT2D eigenvalue weighted by atomic mass is 10.1. The zero-order chi connectivity index (χ0) is 22.0. The van der Waals surface area contributed by atoms with Crippen molar-refractivity contribution in [3.8, 4) is 11.4 Å². The van der Waals surface area contributed by atoms with Crippen molar-refractivity contribution in [2.75, 3.05) is 12.3 Å². The van der Waals surface area contributed by atoms with Crippen LogP contribution < -0.4 is 16.2 Å². The predicted octanol–water partition coefficient (Wildman–Crippen LogP) is 2.81. The summed E-state index contributed by atoms with van der Waals surface area (Å²) in [4.78, 5) is 25.9. The van der Waals surface area contributed by atoms with Crippen LogP contribution in [0.5, 0.6) is 5.75 Å². The van der Waals surface area contributed by atoms with E-state index in [2.05, 4.69) is 6.58 Å². The molecule has 0 spiro atoms. The third-order valence-electron chi connectivity index (χ3n) is 5.45. The third kappa shape index (κ3) is 3.90. The van der Waals surface area contributed by atoms with Gasteiger partial charge in [0.1, 0.15) is 18.1 Å². The number of hydrogen-bond acceptors (Lipinski definition) is 4. The van der Waals surface area contributed by atoms with E-state index in [1.807, 2.05) is 54.6 Å². The van der Waals surface area contributed by atoms with Crippen molar-refractivity contribution >= 4 is 17.5 Å². The zero-order valence-electron chi connectivity index (χ0n) is 17.1. The molecule has 2 heterocycles. The van der Waals surface area contributed by atoms with Crippen molar-refractivity contribution in [2.24, 2.45) is 5.73 Å². The van der Waals surface area contributed by atoms with E-state index in [0.29, 0.717) is 37.6 Å². The van der Waals surface area contributed by atoms with Gasteiger partial charge in [0.15, 0.2) is 0 Å². The van der Waals surface area contributed by atoms with Gasteiger partial charge >= 0.3 is 0 Å². The number of rotatable bonds is 6. The fourth-order valence-electron chi connectivity index (χ4n) is 3.92. The maximum Gasteiger partial charge on any atom is 0.267 e. The molecule has 0 radical (unpaired) electrons. The molecule has 3 aromatic rings. The zero-order valence-corrected chi connectivity index (χ0v) is 17.1. The average Bonchev–Trinajstić information content (AvgIpc) is 3.10. The minimum atomic E-state index is -0.613. The van der Waals surface area contributed by atoms with Gasteiger partial charge in [-0.1, -0.05) is 36.9 Å². The van der Waals surface area contributed by atoms with Crippen LogP contribution in [0, 0.1) is 0 Å². The molecule has 0 saturated carbocycles. The Hall–Kier alpha value is -4.00. The lowest BCUT2D eigenvalue weighted by Gasteiger charge is -2.27. The number of anilines is 1. The van der Waals surface area contributed by atoms with Crippen LogP contribution in [0.1, 0.15) is 27.3 Å². The van der Waals surface area contributed by atoms with E-state index in [0.717, 1.165) is 22.5 Å². The molecular formula is C24H24N4O3. The van der Waals surface area contributed by atoms with Gasteiger partial charge in [0, 0.05) is 36.5 Å². The smallest absolute Gasteiger partial charge is 0.267 e. The molecular weight excluding hydrogens is 392 g/mol. The topological polar surface area (TPSA) is 104 Å².